The normalized spacial score (nSPS) is 13.0. The van der Waals surface area contributed by atoms with E-state index in [1.807, 2.05) is 13.0 Å². The Balaban J connectivity index is 1.60. The molecule has 0 bridgehead atoms. The Bertz CT molecular complexity index is 1140. The number of amides is 3. The number of hydrogen-bond donors (Lipinski definition) is 3. The lowest BCUT2D eigenvalue weighted by Crippen LogP contribution is -2.30. The number of ether oxygens (including phenoxy) is 2. The van der Waals surface area contributed by atoms with Gasteiger partial charge in [-0.05, 0) is 55.7 Å². The molecule has 4 rings (SSSR count). The number of pyridine rings is 1. The van der Waals surface area contributed by atoms with Gasteiger partial charge in [-0.3, -0.25) is 9.78 Å². The van der Waals surface area contributed by atoms with Gasteiger partial charge in [0.25, 0.3) is 5.91 Å². The van der Waals surface area contributed by atoms with Crippen LogP contribution in [0.2, 0.25) is 0 Å². The van der Waals surface area contributed by atoms with E-state index in [1.54, 1.807) is 36.5 Å². The summed E-state index contributed by atoms with van der Waals surface area (Å²) in [5.74, 6) is 0.871. The van der Waals surface area contributed by atoms with E-state index in [0.717, 1.165) is 18.4 Å². The quantitative estimate of drug-likeness (QED) is 0.577. The van der Waals surface area contributed by atoms with Gasteiger partial charge in [-0.25, -0.2) is 4.79 Å². The number of urea groups is 1. The Hall–Kier alpha value is -3.81. The largest absolute Gasteiger partial charge is 0.496 e. The molecular formula is C22H22N4O4. The van der Waals surface area contributed by atoms with Gasteiger partial charge >= 0.3 is 6.03 Å². The molecule has 0 aliphatic heterocycles. The lowest BCUT2D eigenvalue weighted by atomic mass is 10.1. The number of hydrogen-bond acceptors (Lipinski definition) is 5. The van der Waals surface area contributed by atoms with Crippen molar-refractivity contribution in [3.8, 4) is 17.2 Å². The van der Waals surface area contributed by atoms with E-state index in [0.29, 0.717) is 33.8 Å². The van der Waals surface area contributed by atoms with Crippen molar-refractivity contribution in [2.45, 2.75) is 25.8 Å². The standard InChI is InChI=1S/C22H22N4O4/c1-12-9-14(5-6-17(12)26-22(28)25-13-3-4-13)30-19-7-8-24-18-11-20(29-2)16(21(23)27)10-15(18)19/h5-11,13H,3-4H2,1-2H3,(H2,23,27)(H2,25,26,28). The molecule has 154 valence electrons. The average molecular weight is 406 g/mol. The highest BCUT2D eigenvalue weighted by Gasteiger charge is 2.23. The molecule has 1 aliphatic rings. The maximum absolute atomic E-state index is 12.0. The summed E-state index contributed by atoms with van der Waals surface area (Å²) >= 11 is 0. The fraction of sp³-hybridized carbons (Fsp3) is 0.227. The third-order valence-corrected chi connectivity index (χ3v) is 4.87. The van der Waals surface area contributed by atoms with Crippen LogP contribution in [0.25, 0.3) is 10.9 Å². The van der Waals surface area contributed by atoms with Crippen molar-refractivity contribution in [1.29, 1.82) is 0 Å². The zero-order chi connectivity index (χ0) is 21.3. The molecule has 4 N–H and O–H groups in total. The molecule has 0 atom stereocenters. The minimum Gasteiger partial charge on any atom is -0.496 e. The molecular weight excluding hydrogens is 384 g/mol. The van der Waals surface area contributed by atoms with E-state index >= 15 is 0 Å². The molecule has 30 heavy (non-hydrogen) atoms. The maximum atomic E-state index is 12.0. The summed E-state index contributed by atoms with van der Waals surface area (Å²) in [5.41, 5.74) is 7.90. The molecule has 0 radical (unpaired) electrons. The minimum absolute atomic E-state index is 0.206. The number of primary amides is 1. The first-order valence-corrected chi connectivity index (χ1v) is 9.57. The maximum Gasteiger partial charge on any atom is 0.319 e. The number of anilines is 1. The highest BCUT2D eigenvalue weighted by molar-refractivity contribution is 6.01. The van der Waals surface area contributed by atoms with Crippen LogP contribution < -0.4 is 25.8 Å². The molecule has 3 amide bonds. The number of nitrogens with zero attached hydrogens (tertiary/aromatic N) is 1. The first kappa shape index (κ1) is 19.5. The molecule has 1 fully saturated rings. The molecule has 1 saturated carbocycles. The molecule has 0 saturated heterocycles. The van der Waals surface area contributed by atoms with Crippen LogP contribution in [0.5, 0.6) is 17.2 Å². The predicted octanol–water partition coefficient (Wildman–Crippen LogP) is 3.73. The predicted molar refractivity (Wildman–Crippen MR) is 113 cm³/mol. The van der Waals surface area contributed by atoms with E-state index in [1.165, 1.54) is 7.11 Å². The smallest absolute Gasteiger partial charge is 0.319 e. The molecule has 1 heterocycles. The highest BCUT2D eigenvalue weighted by atomic mass is 16.5. The Morgan fingerprint density at radius 1 is 1.13 bits per heavy atom. The first-order chi connectivity index (χ1) is 14.4. The number of benzene rings is 2. The highest BCUT2D eigenvalue weighted by Crippen LogP contribution is 2.34. The Kier molecular flexibility index (Phi) is 5.14. The molecule has 2 aromatic carbocycles. The van der Waals surface area contributed by atoms with Gasteiger partial charge in [0.1, 0.15) is 17.2 Å². The van der Waals surface area contributed by atoms with Gasteiger partial charge in [-0.2, -0.15) is 0 Å². The van der Waals surface area contributed by atoms with E-state index in [2.05, 4.69) is 15.6 Å². The van der Waals surface area contributed by atoms with E-state index in [9.17, 15) is 9.59 Å². The van der Waals surface area contributed by atoms with E-state index in [-0.39, 0.29) is 17.6 Å². The summed E-state index contributed by atoms with van der Waals surface area (Å²) in [7, 11) is 1.47. The Labute approximate surface area is 173 Å². The van der Waals surface area contributed by atoms with Crippen LogP contribution in [0, 0.1) is 6.92 Å². The number of carbonyl (C=O) groups excluding carboxylic acids is 2. The van der Waals surface area contributed by atoms with Crippen molar-refractivity contribution >= 4 is 28.5 Å². The summed E-state index contributed by atoms with van der Waals surface area (Å²) in [6.07, 6.45) is 3.68. The number of fused-ring (bicyclic) bond motifs is 1. The first-order valence-electron chi connectivity index (χ1n) is 9.57. The average Bonchev–Trinajstić information content (AvgIpc) is 3.53. The second kappa shape index (κ2) is 7.90. The van der Waals surface area contributed by atoms with Crippen molar-refractivity contribution in [2.24, 2.45) is 5.73 Å². The van der Waals surface area contributed by atoms with Crippen molar-refractivity contribution < 1.29 is 19.1 Å². The fourth-order valence-corrected chi connectivity index (χ4v) is 3.14. The van der Waals surface area contributed by atoms with Crippen LogP contribution in [0.3, 0.4) is 0 Å². The third-order valence-electron chi connectivity index (χ3n) is 4.87. The van der Waals surface area contributed by atoms with Crippen LogP contribution in [-0.4, -0.2) is 30.1 Å². The molecule has 8 heteroatoms. The summed E-state index contributed by atoms with van der Waals surface area (Å²) in [4.78, 5) is 28.1. The van der Waals surface area contributed by atoms with Crippen LogP contribution in [-0.2, 0) is 0 Å². The molecule has 1 aromatic heterocycles. The van der Waals surface area contributed by atoms with Gasteiger partial charge in [-0.15, -0.1) is 0 Å². The number of methoxy groups -OCH3 is 1. The molecule has 1 aliphatic carbocycles. The van der Waals surface area contributed by atoms with Crippen molar-refractivity contribution in [2.75, 3.05) is 12.4 Å². The van der Waals surface area contributed by atoms with E-state index < -0.39 is 5.91 Å². The number of carbonyl (C=O) groups is 2. The van der Waals surface area contributed by atoms with Crippen molar-refractivity contribution in [3.05, 3.63) is 53.7 Å². The molecule has 8 nitrogen and oxygen atoms in total. The zero-order valence-electron chi connectivity index (χ0n) is 16.7. The van der Waals surface area contributed by atoms with Gasteiger partial charge in [0.15, 0.2) is 0 Å². The van der Waals surface area contributed by atoms with Crippen molar-refractivity contribution in [1.82, 2.24) is 10.3 Å². The number of aryl methyl sites for hydroxylation is 1. The summed E-state index contributed by atoms with van der Waals surface area (Å²) in [5, 5.41) is 6.38. The monoisotopic (exact) mass is 406 g/mol. The molecule has 0 spiro atoms. The van der Waals surface area contributed by atoms with E-state index in [4.69, 9.17) is 15.2 Å². The number of nitrogens with one attached hydrogen (secondary N) is 2. The van der Waals surface area contributed by atoms with Crippen molar-refractivity contribution in [3.63, 3.8) is 0 Å². The number of nitrogens with two attached hydrogens (primary N) is 1. The summed E-state index contributed by atoms with van der Waals surface area (Å²) in [6, 6.07) is 10.5. The lowest BCUT2D eigenvalue weighted by molar-refractivity contribution is 0.0997. The van der Waals surface area contributed by atoms with Crippen LogP contribution in [0.1, 0.15) is 28.8 Å². The van der Waals surface area contributed by atoms with Gasteiger partial charge in [0.2, 0.25) is 0 Å². The minimum atomic E-state index is -0.598. The molecule has 3 aromatic rings. The summed E-state index contributed by atoms with van der Waals surface area (Å²) in [6.45, 7) is 1.89. The second-order valence-corrected chi connectivity index (χ2v) is 7.19. The zero-order valence-corrected chi connectivity index (χ0v) is 16.7. The summed E-state index contributed by atoms with van der Waals surface area (Å²) < 4.78 is 11.3. The topological polar surface area (TPSA) is 116 Å². The van der Waals surface area contributed by atoms with Gasteiger partial charge in [0.05, 0.1) is 18.2 Å². The number of rotatable bonds is 6. The van der Waals surface area contributed by atoms with Gasteiger partial charge in [0, 0.05) is 29.4 Å². The Morgan fingerprint density at radius 3 is 2.60 bits per heavy atom. The molecule has 0 unspecified atom stereocenters. The van der Waals surface area contributed by atoms with Crippen LogP contribution in [0.15, 0.2) is 42.6 Å². The third kappa shape index (κ3) is 4.12. The van der Waals surface area contributed by atoms with Gasteiger partial charge in [-0.1, -0.05) is 0 Å². The second-order valence-electron chi connectivity index (χ2n) is 7.19. The fourth-order valence-electron chi connectivity index (χ4n) is 3.14. The lowest BCUT2D eigenvalue weighted by Gasteiger charge is -2.14. The number of aromatic nitrogens is 1. The van der Waals surface area contributed by atoms with Gasteiger partial charge < -0.3 is 25.8 Å². The van der Waals surface area contributed by atoms with Crippen LogP contribution >= 0.6 is 0 Å². The van der Waals surface area contributed by atoms with Crippen LogP contribution in [0.4, 0.5) is 10.5 Å². The Morgan fingerprint density at radius 2 is 1.93 bits per heavy atom. The SMILES string of the molecule is COc1cc2nccc(Oc3ccc(NC(=O)NC4CC4)c(C)c3)c2cc1C(N)=O.